The van der Waals surface area contributed by atoms with Gasteiger partial charge in [-0.3, -0.25) is 4.68 Å². The predicted molar refractivity (Wildman–Crippen MR) is 84.4 cm³/mol. The van der Waals surface area contributed by atoms with Crippen LogP contribution in [0.25, 0.3) is 0 Å². The Labute approximate surface area is 128 Å². The molecule has 1 N–H and O–H groups in total. The molecule has 1 saturated carbocycles. The monoisotopic (exact) mass is 291 g/mol. The maximum absolute atomic E-state index is 5.75. The van der Waals surface area contributed by atoms with Gasteiger partial charge in [-0.25, -0.2) is 0 Å². The molecule has 2 aliphatic rings. The average Bonchev–Trinajstić information content (AvgIpc) is 3.18. The van der Waals surface area contributed by atoms with Crippen LogP contribution in [-0.4, -0.2) is 35.1 Å². The molecule has 4 heteroatoms. The summed E-state index contributed by atoms with van der Waals surface area (Å²) in [4.78, 5) is 0. The highest BCUT2D eigenvalue weighted by atomic mass is 16.5. The van der Waals surface area contributed by atoms with E-state index in [0.29, 0.717) is 24.1 Å². The zero-order valence-electron chi connectivity index (χ0n) is 13.4. The summed E-state index contributed by atoms with van der Waals surface area (Å²) in [6.07, 6.45) is 10.0. The van der Waals surface area contributed by atoms with Crippen LogP contribution in [-0.2, 0) is 11.2 Å². The fraction of sp³-hybridized carbons (Fsp3) is 0.824. The summed E-state index contributed by atoms with van der Waals surface area (Å²) in [5.74, 6) is 0.613. The highest BCUT2D eigenvalue weighted by Gasteiger charge is 2.32. The Kier molecular flexibility index (Phi) is 4.96. The Morgan fingerprint density at radius 1 is 1.38 bits per heavy atom. The summed E-state index contributed by atoms with van der Waals surface area (Å²) < 4.78 is 7.96. The molecule has 1 aromatic heterocycles. The second-order valence-corrected chi connectivity index (χ2v) is 6.62. The van der Waals surface area contributed by atoms with E-state index in [1.807, 2.05) is 0 Å². The van der Waals surface area contributed by atoms with Gasteiger partial charge in [0, 0.05) is 31.2 Å². The van der Waals surface area contributed by atoms with Crippen molar-refractivity contribution in [2.24, 2.45) is 5.92 Å². The molecule has 2 heterocycles. The van der Waals surface area contributed by atoms with Gasteiger partial charge in [-0.05, 0) is 38.8 Å². The van der Waals surface area contributed by atoms with Crippen LogP contribution < -0.4 is 5.32 Å². The molecule has 4 nitrogen and oxygen atoms in total. The van der Waals surface area contributed by atoms with Gasteiger partial charge >= 0.3 is 0 Å². The highest BCUT2D eigenvalue weighted by molar-refractivity contribution is 5.04. The Balaban J connectivity index is 1.64. The van der Waals surface area contributed by atoms with Crippen LogP contribution in [0, 0.1) is 5.92 Å². The molecule has 3 rings (SSSR count). The van der Waals surface area contributed by atoms with E-state index < -0.39 is 0 Å². The molecule has 118 valence electrons. The van der Waals surface area contributed by atoms with E-state index >= 15 is 0 Å². The number of aromatic nitrogens is 2. The quantitative estimate of drug-likeness (QED) is 0.876. The fourth-order valence-corrected chi connectivity index (χ4v) is 4.00. The number of nitrogens with zero attached hydrogens (tertiary/aromatic N) is 2. The van der Waals surface area contributed by atoms with E-state index in [1.54, 1.807) is 0 Å². The van der Waals surface area contributed by atoms with E-state index in [2.05, 4.69) is 36.1 Å². The molecule has 0 bridgehead atoms. The van der Waals surface area contributed by atoms with E-state index in [4.69, 9.17) is 9.84 Å². The molecule has 1 aliphatic carbocycles. The molecular weight excluding hydrogens is 262 g/mol. The lowest BCUT2D eigenvalue weighted by Gasteiger charge is -2.26. The second kappa shape index (κ2) is 6.93. The largest absolute Gasteiger partial charge is 0.378 e. The Bertz CT molecular complexity index is 439. The molecule has 1 saturated heterocycles. The summed E-state index contributed by atoms with van der Waals surface area (Å²) in [5.41, 5.74) is 1.23. The zero-order valence-corrected chi connectivity index (χ0v) is 13.4. The van der Waals surface area contributed by atoms with Gasteiger partial charge in [0.25, 0.3) is 0 Å². The molecule has 1 aromatic rings. The van der Waals surface area contributed by atoms with E-state index in [-0.39, 0.29) is 0 Å². The van der Waals surface area contributed by atoms with Crippen LogP contribution in [0.3, 0.4) is 0 Å². The molecule has 3 unspecified atom stereocenters. The molecule has 0 spiro atoms. The first kappa shape index (κ1) is 15.0. The minimum Gasteiger partial charge on any atom is -0.378 e. The normalized spacial score (nSPS) is 28.3. The third-order valence-corrected chi connectivity index (χ3v) is 5.21. The van der Waals surface area contributed by atoms with Crippen molar-refractivity contribution in [3.63, 3.8) is 0 Å². The van der Waals surface area contributed by atoms with Gasteiger partial charge in [0.15, 0.2) is 0 Å². The van der Waals surface area contributed by atoms with Crippen molar-refractivity contribution in [2.45, 2.75) is 70.6 Å². The van der Waals surface area contributed by atoms with Crippen molar-refractivity contribution in [3.8, 4) is 0 Å². The van der Waals surface area contributed by atoms with Crippen molar-refractivity contribution in [1.82, 2.24) is 15.1 Å². The van der Waals surface area contributed by atoms with Gasteiger partial charge in [-0.1, -0.05) is 19.8 Å². The summed E-state index contributed by atoms with van der Waals surface area (Å²) in [5, 5.41) is 8.50. The van der Waals surface area contributed by atoms with Gasteiger partial charge in [0.05, 0.1) is 17.8 Å². The van der Waals surface area contributed by atoms with Crippen LogP contribution in [0.2, 0.25) is 0 Å². The highest BCUT2D eigenvalue weighted by Crippen LogP contribution is 2.29. The van der Waals surface area contributed by atoms with Gasteiger partial charge in [-0.15, -0.1) is 0 Å². The number of rotatable bonds is 6. The summed E-state index contributed by atoms with van der Waals surface area (Å²) in [6, 6.07) is 3.34. The lowest BCUT2D eigenvalue weighted by Crippen LogP contribution is -2.41. The summed E-state index contributed by atoms with van der Waals surface area (Å²) in [7, 11) is 0. The Morgan fingerprint density at radius 2 is 2.19 bits per heavy atom. The van der Waals surface area contributed by atoms with Crippen molar-refractivity contribution in [2.75, 3.05) is 13.2 Å². The van der Waals surface area contributed by atoms with Crippen molar-refractivity contribution in [1.29, 1.82) is 0 Å². The third kappa shape index (κ3) is 3.49. The second-order valence-electron chi connectivity index (χ2n) is 6.62. The van der Waals surface area contributed by atoms with E-state index in [0.717, 1.165) is 19.6 Å². The predicted octanol–water partition coefficient (Wildman–Crippen LogP) is 2.94. The van der Waals surface area contributed by atoms with Crippen LogP contribution in [0.1, 0.15) is 57.7 Å². The number of nitrogens with one attached hydrogen (secondary N) is 1. The molecule has 2 fully saturated rings. The maximum atomic E-state index is 5.75. The number of hydrogen-bond acceptors (Lipinski definition) is 3. The molecular formula is C17H29N3O. The molecule has 0 aromatic carbocycles. The third-order valence-electron chi connectivity index (χ3n) is 5.21. The minimum absolute atomic E-state index is 0.367. The van der Waals surface area contributed by atoms with Crippen LogP contribution in [0.4, 0.5) is 0 Å². The standard InChI is InChI=1S/C17H29N3O/c1-3-18-17(16-9-11-21-13(16)2)12-14-8-10-20(19-14)15-6-4-5-7-15/h8,10,13,15-18H,3-7,9,11-12H2,1-2H3. The zero-order chi connectivity index (χ0) is 14.7. The minimum atomic E-state index is 0.367. The number of likely N-dealkylation sites (N-methyl/N-ethyl adjacent to an activating group) is 1. The molecule has 0 radical (unpaired) electrons. The van der Waals surface area contributed by atoms with Gasteiger partial charge in [0.2, 0.25) is 0 Å². The van der Waals surface area contributed by atoms with Crippen LogP contribution >= 0.6 is 0 Å². The average molecular weight is 291 g/mol. The molecule has 1 aliphatic heterocycles. The molecule has 3 atom stereocenters. The van der Waals surface area contributed by atoms with E-state index in [9.17, 15) is 0 Å². The fourth-order valence-electron chi connectivity index (χ4n) is 4.00. The van der Waals surface area contributed by atoms with E-state index in [1.165, 1.54) is 37.8 Å². The Hall–Kier alpha value is -0.870. The van der Waals surface area contributed by atoms with Crippen molar-refractivity contribution >= 4 is 0 Å². The van der Waals surface area contributed by atoms with Crippen molar-refractivity contribution in [3.05, 3.63) is 18.0 Å². The first-order chi connectivity index (χ1) is 10.3. The SMILES string of the molecule is CCNC(Cc1ccn(C2CCCC2)n1)C1CCOC1C. The first-order valence-corrected chi connectivity index (χ1v) is 8.67. The van der Waals surface area contributed by atoms with Gasteiger partial charge in [0.1, 0.15) is 0 Å². The van der Waals surface area contributed by atoms with Gasteiger partial charge in [-0.2, -0.15) is 5.10 Å². The number of ether oxygens (including phenoxy) is 1. The molecule has 0 amide bonds. The maximum Gasteiger partial charge on any atom is 0.0640 e. The summed E-state index contributed by atoms with van der Waals surface area (Å²) in [6.45, 7) is 6.31. The lowest BCUT2D eigenvalue weighted by atomic mass is 9.90. The van der Waals surface area contributed by atoms with Crippen molar-refractivity contribution < 1.29 is 4.74 Å². The lowest BCUT2D eigenvalue weighted by molar-refractivity contribution is 0.0954. The molecule has 21 heavy (non-hydrogen) atoms. The smallest absolute Gasteiger partial charge is 0.0640 e. The Morgan fingerprint density at radius 3 is 2.86 bits per heavy atom. The topological polar surface area (TPSA) is 39.1 Å². The first-order valence-electron chi connectivity index (χ1n) is 8.67. The van der Waals surface area contributed by atoms with Gasteiger partial charge < -0.3 is 10.1 Å². The van der Waals surface area contributed by atoms with Crippen LogP contribution in [0.15, 0.2) is 12.3 Å². The summed E-state index contributed by atoms with van der Waals surface area (Å²) >= 11 is 0. The van der Waals surface area contributed by atoms with Crippen LogP contribution in [0.5, 0.6) is 0 Å². The number of hydrogen-bond donors (Lipinski definition) is 1.